The Balaban J connectivity index is 2.13. The zero-order chi connectivity index (χ0) is 19.3. The fourth-order valence-corrected chi connectivity index (χ4v) is 2.78. The summed E-state index contributed by atoms with van der Waals surface area (Å²) in [6.07, 6.45) is 0. The third kappa shape index (κ3) is 5.12. The Bertz CT molecular complexity index is 930. The van der Waals surface area contributed by atoms with Crippen molar-refractivity contribution in [2.45, 2.75) is 11.8 Å². The summed E-state index contributed by atoms with van der Waals surface area (Å²) in [6.45, 7) is 2.16. The van der Waals surface area contributed by atoms with Crippen molar-refractivity contribution in [3.8, 4) is 5.75 Å². The first-order chi connectivity index (χ1) is 12.2. The molecule has 0 aromatic heterocycles. The summed E-state index contributed by atoms with van der Waals surface area (Å²) in [5, 5.41) is 21.9. The molecule has 11 heteroatoms. The Morgan fingerprint density at radius 1 is 1.23 bits per heavy atom. The van der Waals surface area contributed by atoms with Gasteiger partial charge in [0.05, 0.1) is 22.5 Å². The number of anilines is 2. The zero-order valence-electron chi connectivity index (χ0n) is 13.6. The van der Waals surface area contributed by atoms with Crippen LogP contribution >= 0.6 is 12.2 Å². The van der Waals surface area contributed by atoms with Crippen LogP contribution in [0.4, 0.5) is 17.1 Å². The summed E-state index contributed by atoms with van der Waals surface area (Å²) < 4.78 is 27.7. The number of hydrogen-bond acceptors (Lipinski definition) is 6. The van der Waals surface area contributed by atoms with Gasteiger partial charge in [-0.05, 0) is 55.5 Å². The Morgan fingerprint density at radius 3 is 2.42 bits per heavy atom. The average Bonchev–Trinajstić information content (AvgIpc) is 2.56. The standard InChI is InChI=1S/C15H16N4O5S2/c1-2-24-11-5-8-13(14(9-11)19(20)21)18-15(25)17-10-3-6-12(7-4-10)26(16,22)23/h3-9H,2H2,1H3,(H2,16,22,23)(H2,17,18,25). The van der Waals surface area contributed by atoms with Gasteiger partial charge in [0.15, 0.2) is 5.11 Å². The molecule has 0 saturated carbocycles. The van der Waals surface area contributed by atoms with Gasteiger partial charge in [-0.15, -0.1) is 0 Å². The van der Waals surface area contributed by atoms with Gasteiger partial charge in [-0.25, -0.2) is 13.6 Å². The van der Waals surface area contributed by atoms with Crippen LogP contribution in [-0.2, 0) is 10.0 Å². The predicted molar refractivity (Wildman–Crippen MR) is 102 cm³/mol. The van der Waals surface area contributed by atoms with Gasteiger partial charge in [0.2, 0.25) is 10.0 Å². The number of thiocarbonyl (C=S) groups is 1. The monoisotopic (exact) mass is 396 g/mol. The summed E-state index contributed by atoms with van der Waals surface area (Å²) in [6, 6.07) is 9.96. The van der Waals surface area contributed by atoms with Crippen molar-refractivity contribution in [3.63, 3.8) is 0 Å². The molecule has 9 nitrogen and oxygen atoms in total. The first-order valence-electron chi connectivity index (χ1n) is 7.33. The second-order valence-corrected chi connectivity index (χ2v) is 6.99. The fourth-order valence-electron chi connectivity index (χ4n) is 2.04. The van der Waals surface area contributed by atoms with E-state index in [4.69, 9.17) is 22.1 Å². The Morgan fingerprint density at radius 2 is 1.88 bits per heavy atom. The van der Waals surface area contributed by atoms with E-state index >= 15 is 0 Å². The van der Waals surface area contributed by atoms with E-state index in [2.05, 4.69) is 10.6 Å². The highest BCUT2D eigenvalue weighted by molar-refractivity contribution is 7.89. The zero-order valence-corrected chi connectivity index (χ0v) is 15.3. The first-order valence-corrected chi connectivity index (χ1v) is 9.28. The number of ether oxygens (including phenoxy) is 1. The largest absolute Gasteiger partial charge is 0.494 e. The topological polar surface area (TPSA) is 137 Å². The number of primary sulfonamides is 1. The fraction of sp³-hybridized carbons (Fsp3) is 0.133. The van der Waals surface area contributed by atoms with Crippen LogP contribution in [-0.4, -0.2) is 25.1 Å². The molecule has 0 bridgehead atoms. The van der Waals surface area contributed by atoms with Gasteiger partial charge in [0.1, 0.15) is 11.4 Å². The van der Waals surface area contributed by atoms with Gasteiger partial charge in [-0.3, -0.25) is 10.1 Å². The van der Waals surface area contributed by atoms with Crippen LogP contribution in [0.25, 0.3) is 0 Å². The Kier molecular flexibility index (Phi) is 6.08. The van der Waals surface area contributed by atoms with Gasteiger partial charge in [-0.1, -0.05) is 0 Å². The summed E-state index contributed by atoms with van der Waals surface area (Å²) in [5.41, 5.74) is 0.491. The number of nitrogens with one attached hydrogen (secondary N) is 2. The molecule has 2 aromatic carbocycles. The molecule has 0 unspecified atom stereocenters. The lowest BCUT2D eigenvalue weighted by Gasteiger charge is -2.12. The second kappa shape index (κ2) is 8.08. The van der Waals surface area contributed by atoms with E-state index in [-0.39, 0.29) is 21.4 Å². The minimum Gasteiger partial charge on any atom is -0.494 e. The molecule has 0 spiro atoms. The van der Waals surface area contributed by atoms with Crippen molar-refractivity contribution in [1.82, 2.24) is 0 Å². The van der Waals surface area contributed by atoms with Gasteiger partial charge >= 0.3 is 0 Å². The van der Waals surface area contributed by atoms with Crippen molar-refractivity contribution in [2.75, 3.05) is 17.2 Å². The minimum atomic E-state index is -3.78. The normalized spacial score (nSPS) is 10.8. The molecule has 0 aliphatic rings. The molecule has 4 N–H and O–H groups in total. The van der Waals surface area contributed by atoms with Crippen molar-refractivity contribution < 1.29 is 18.1 Å². The van der Waals surface area contributed by atoms with Crippen LogP contribution in [0.1, 0.15) is 6.92 Å². The Hall–Kier alpha value is -2.76. The molecule has 138 valence electrons. The van der Waals surface area contributed by atoms with E-state index in [0.29, 0.717) is 18.0 Å². The number of rotatable bonds is 6. The van der Waals surface area contributed by atoms with E-state index < -0.39 is 14.9 Å². The third-order valence-electron chi connectivity index (χ3n) is 3.17. The molecule has 0 aliphatic carbocycles. The highest BCUT2D eigenvalue weighted by Crippen LogP contribution is 2.29. The molecule has 2 aromatic rings. The number of hydrogen-bond donors (Lipinski definition) is 3. The molecule has 0 fully saturated rings. The van der Waals surface area contributed by atoms with Gasteiger partial charge in [-0.2, -0.15) is 0 Å². The predicted octanol–water partition coefficient (Wildman–Crippen LogP) is 2.45. The summed E-state index contributed by atoms with van der Waals surface area (Å²) >= 11 is 5.14. The lowest BCUT2D eigenvalue weighted by atomic mass is 10.2. The summed E-state index contributed by atoms with van der Waals surface area (Å²) in [4.78, 5) is 10.6. The van der Waals surface area contributed by atoms with Crippen LogP contribution in [0, 0.1) is 10.1 Å². The van der Waals surface area contributed by atoms with Crippen molar-refractivity contribution in [3.05, 3.63) is 52.6 Å². The van der Waals surface area contributed by atoms with Crippen LogP contribution in [0.15, 0.2) is 47.4 Å². The van der Waals surface area contributed by atoms with Crippen LogP contribution in [0.5, 0.6) is 5.75 Å². The second-order valence-electron chi connectivity index (χ2n) is 5.02. The quantitative estimate of drug-likeness (QED) is 0.385. The molecule has 0 radical (unpaired) electrons. The molecule has 0 amide bonds. The number of nitrogens with two attached hydrogens (primary N) is 1. The van der Waals surface area contributed by atoms with E-state index in [9.17, 15) is 18.5 Å². The smallest absolute Gasteiger partial charge is 0.296 e. The molecule has 0 saturated heterocycles. The third-order valence-corrected chi connectivity index (χ3v) is 4.30. The van der Waals surface area contributed by atoms with Crippen LogP contribution < -0.4 is 20.5 Å². The van der Waals surface area contributed by atoms with E-state index in [1.54, 1.807) is 13.0 Å². The van der Waals surface area contributed by atoms with Crippen molar-refractivity contribution in [2.24, 2.45) is 5.14 Å². The highest BCUT2D eigenvalue weighted by atomic mass is 32.2. The lowest BCUT2D eigenvalue weighted by molar-refractivity contribution is -0.384. The van der Waals surface area contributed by atoms with Crippen molar-refractivity contribution in [1.29, 1.82) is 0 Å². The number of nitro groups is 1. The number of nitrogens with zero attached hydrogens (tertiary/aromatic N) is 1. The average molecular weight is 396 g/mol. The number of sulfonamides is 1. The van der Waals surface area contributed by atoms with Crippen molar-refractivity contribution >= 4 is 44.4 Å². The van der Waals surface area contributed by atoms with Gasteiger partial charge in [0, 0.05) is 5.69 Å². The van der Waals surface area contributed by atoms with E-state index in [1.165, 1.54) is 36.4 Å². The maximum Gasteiger partial charge on any atom is 0.296 e. The molecule has 0 aliphatic heterocycles. The molecular weight excluding hydrogens is 380 g/mol. The maximum absolute atomic E-state index is 11.2. The summed E-state index contributed by atoms with van der Waals surface area (Å²) in [5.74, 6) is 0.377. The molecule has 0 atom stereocenters. The molecule has 26 heavy (non-hydrogen) atoms. The van der Waals surface area contributed by atoms with Gasteiger partial charge in [0.25, 0.3) is 5.69 Å². The SMILES string of the molecule is CCOc1ccc(NC(=S)Nc2ccc(S(N)(=O)=O)cc2)c([N+](=O)[O-])c1. The minimum absolute atomic E-state index is 0.0379. The molecular formula is C15H16N4O5S2. The lowest BCUT2D eigenvalue weighted by Crippen LogP contribution is -2.20. The molecule has 0 heterocycles. The number of benzene rings is 2. The highest BCUT2D eigenvalue weighted by Gasteiger charge is 2.16. The first kappa shape index (κ1) is 19.6. The van der Waals surface area contributed by atoms with Gasteiger partial charge < -0.3 is 15.4 Å². The summed E-state index contributed by atoms with van der Waals surface area (Å²) in [7, 11) is -3.78. The van der Waals surface area contributed by atoms with E-state index in [1.807, 2.05) is 0 Å². The molecule has 2 rings (SSSR count). The van der Waals surface area contributed by atoms with E-state index in [0.717, 1.165) is 0 Å². The van der Waals surface area contributed by atoms with Crippen LogP contribution in [0.3, 0.4) is 0 Å². The maximum atomic E-state index is 11.2. The Labute approximate surface area is 155 Å². The number of nitro benzene ring substituents is 1. The van der Waals surface area contributed by atoms with Crippen LogP contribution in [0.2, 0.25) is 0 Å².